The molecule has 0 saturated heterocycles. The zero-order valence-electron chi connectivity index (χ0n) is 9.41. The molecule has 0 amide bonds. The van der Waals surface area contributed by atoms with Crippen LogP contribution < -0.4 is 5.73 Å². The largest absolute Gasteiger partial charge is 0.327 e. The molecule has 0 aromatic carbocycles. The lowest BCUT2D eigenvalue weighted by atomic mass is 10.1. The topological polar surface area (TPSA) is 38.9 Å². The van der Waals surface area contributed by atoms with E-state index >= 15 is 0 Å². The van der Waals surface area contributed by atoms with Crippen molar-refractivity contribution >= 4 is 11.3 Å². The first-order chi connectivity index (χ1) is 7.29. The smallest absolute Gasteiger partial charge is 0.0959 e. The van der Waals surface area contributed by atoms with Crippen molar-refractivity contribution in [3.05, 3.63) is 16.1 Å². The molecule has 2 nitrogen and oxygen atoms in total. The van der Waals surface area contributed by atoms with Crippen LogP contribution in [0.15, 0.2) is 5.38 Å². The SMILES string of the molecule is CCC(N)Cc1csc(C2CCCC2)n1. The maximum atomic E-state index is 5.93. The molecule has 0 radical (unpaired) electrons. The van der Waals surface area contributed by atoms with Crippen LogP contribution in [0.2, 0.25) is 0 Å². The molecule has 3 heteroatoms. The number of nitrogens with zero attached hydrogens (tertiary/aromatic N) is 1. The molecule has 1 atom stereocenters. The molecule has 1 aromatic heterocycles. The van der Waals surface area contributed by atoms with Gasteiger partial charge in [-0.3, -0.25) is 0 Å². The Balaban J connectivity index is 1.97. The van der Waals surface area contributed by atoms with E-state index in [0.29, 0.717) is 0 Å². The Morgan fingerprint density at radius 1 is 1.53 bits per heavy atom. The minimum atomic E-state index is 0.281. The average Bonchev–Trinajstić information content (AvgIpc) is 2.85. The molecule has 1 fully saturated rings. The van der Waals surface area contributed by atoms with Crippen molar-refractivity contribution in [3.8, 4) is 0 Å². The van der Waals surface area contributed by atoms with Crippen LogP contribution in [-0.4, -0.2) is 11.0 Å². The van der Waals surface area contributed by atoms with Crippen LogP contribution in [-0.2, 0) is 6.42 Å². The maximum absolute atomic E-state index is 5.93. The lowest BCUT2D eigenvalue weighted by molar-refractivity contribution is 0.633. The molecule has 1 aliphatic carbocycles. The van der Waals surface area contributed by atoms with E-state index in [1.165, 1.54) is 36.4 Å². The van der Waals surface area contributed by atoms with Gasteiger partial charge in [0, 0.05) is 23.8 Å². The summed E-state index contributed by atoms with van der Waals surface area (Å²) in [5.41, 5.74) is 7.14. The molecule has 1 heterocycles. The highest BCUT2D eigenvalue weighted by Gasteiger charge is 2.20. The van der Waals surface area contributed by atoms with Crippen molar-refractivity contribution in [3.63, 3.8) is 0 Å². The van der Waals surface area contributed by atoms with Crippen molar-refractivity contribution in [2.24, 2.45) is 5.73 Å². The van der Waals surface area contributed by atoms with E-state index < -0.39 is 0 Å². The standard InChI is InChI=1S/C12H20N2S/c1-2-10(13)7-11-8-15-12(14-11)9-5-3-4-6-9/h8-10H,2-7,13H2,1H3. The van der Waals surface area contributed by atoms with Gasteiger partial charge in [-0.1, -0.05) is 19.8 Å². The molecular weight excluding hydrogens is 204 g/mol. The monoisotopic (exact) mass is 224 g/mol. The quantitative estimate of drug-likeness (QED) is 0.853. The summed E-state index contributed by atoms with van der Waals surface area (Å²) in [5, 5.41) is 3.55. The lowest BCUT2D eigenvalue weighted by Gasteiger charge is -2.06. The number of aromatic nitrogens is 1. The fourth-order valence-electron chi connectivity index (χ4n) is 2.19. The molecule has 84 valence electrons. The molecule has 2 N–H and O–H groups in total. The zero-order valence-corrected chi connectivity index (χ0v) is 10.2. The van der Waals surface area contributed by atoms with Gasteiger partial charge >= 0.3 is 0 Å². The van der Waals surface area contributed by atoms with Gasteiger partial charge in [-0.2, -0.15) is 0 Å². The number of hydrogen-bond acceptors (Lipinski definition) is 3. The fourth-order valence-corrected chi connectivity index (χ4v) is 3.19. The molecule has 1 aliphatic rings. The van der Waals surface area contributed by atoms with Crippen LogP contribution in [0.25, 0.3) is 0 Å². The summed E-state index contributed by atoms with van der Waals surface area (Å²) < 4.78 is 0. The van der Waals surface area contributed by atoms with E-state index in [9.17, 15) is 0 Å². The minimum absolute atomic E-state index is 0.281. The summed E-state index contributed by atoms with van der Waals surface area (Å²) in [6, 6.07) is 0.281. The summed E-state index contributed by atoms with van der Waals surface area (Å²) in [5.74, 6) is 0.751. The Bertz CT molecular complexity index is 302. The summed E-state index contributed by atoms with van der Waals surface area (Å²) in [4.78, 5) is 4.72. The van der Waals surface area contributed by atoms with Crippen molar-refractivity contribution in [1.82, 2.24) is 4.98 Å². The Morgan fingerprint density at radius 2 is 2.27 bits per heavy atom. The summed E-state index contributed by atoms with van der Waals surface area (Å²) in [7, 11) is 0. The normalized spacial score (nSPS) is 19.6. The van der Waals surface area contributed by atoms with Gasteiger partial charge in [-0.05, 0) is 19.3 Å². The van der Waals surface area contributed by atoms with Gasteiger partial charge in [-0.25, -0.2) is 4.98 Å². The minimum Gasteiger partial charge on any atom is -0.327 e. The van der Waals surface area contributed by atoms with Gasteiger partial charge in [0.2, 0.25) is 0 Å². The first-order valence-electron chi connectivity index (χ1n) is 5.99. The van der Waals surface area contributed by atoms with Crippen LogP contribution in [0.5, 0.6) is 0 Å². The number of rotatable bonds is 4. The maximum Gasteiger partial charge on any atom is 0.0959 e. The third-order valence-electron chi connectivity index (χ3n) is 3.27. The van der Waals surface area contributed by atoms with Crippen LogP contribution in [0.4, 0.5) is 0 Å². The molecule has 15 heavy (non-hydrogen) atoms. The van der Waals surface area contributed by atoms with Gasteiger partial charge in [0.15, 0.2) is 0 Å². The van der Waals surface area contributed by atoms with E-state index in [4.69, 9.17) is 10.7 Å². The highest BCUT2D eigenvalue weighted by Crippen LogP contribution is 2.35. The molecular formula is C12H20N2S. The molecule has 0 bridgehead atoms. The summed E-state index contributed by atoms with van der Waals surface area (Å²) in [6.45, 7) is 2.13. The summed E-state index contributed by atoms with van der Waals surface area (Å²) >= 11 is 1.83. The molecule has 2 rings (SSSR count). The van der Waals surface area contributed by atoms with E-state index in [1.807, 2.05) is 11.3 Å². The van der Waals surface area contributed by atoms with Crippen molar-refractivity contribution in [1.29, 1.82) is 0 Å². The Hall–Kier alpha value is -0.410. The summed E-state index contributed by atoms with van der Waals surface area (Å²) in [6.07, 6.45) is 7.43. The molecule has 1 unspecified atom stereocenters. The van der Waals surface area contributed by atoms with Gasteiger partial charge in [0.05, 0.1) is 10.7 Å². The molecule has 0 aliphatic heterocycles. The van der Waals surface area contributed by atoms with Gasteiger partial charge in [0.25, 0.3) is 0 Å². The highest BCUT2D eigenvalue weighted by molar-refractivity contribution is 7.09. The van der Waals surface area contributed by atoms with Crippen LogP contribution in [0.1, 0.15) is 55.6 Å². The molecule has 1 saturated carbocycles. The predicted octanol–water partition coefficient (Wildman–Crippen LogP) is 3.08. The third kappa shape index (κ3) is 2.79. The second-order valence-corrected chi connectivity index (χ2v) is 5.42. The molecule has 1 aromatic rings. The second kappa shape index (κ2) is 5.08. The average molecular weight is 224 g/mol. The van der Waals surface area contributed by atoms with Gasteiger partial charge in [0.1, 0.15) is 0 Å². The zero-order chi connectivity index (χ0) is 10.7. The lowest BCUT2D eigenvalue weighted by Crippen LogP contribution is -2.21. The number of nitrogens with two attached hydrogens (primary N) is 1. The number of hydrogen-bond donors (Lipinski definition) is 1. The van der Waals surface area contributed by atoms with E-state index in [0.717, 1.165) is 18.8 Å². The Labute approximate surface area is 95.9 Å². The van der Waals surface area contributed by atoms with Crippen LogP contribution >= 0.6 is 11.3 Å². The van der Waals surface area contributed by atoms with E-state index in [2.05, 4.69) is 12.3 Å². The first kappa shape index (κ1) is 11.1. The van der Waals surface area contributed by atoms with E-state index in [1.54, 1.807) is 0 Å². The van der Waals surface area contributed by atoms with Crippen LogP contribution in [0.3, 0.4) is 0 Å². The van der Waals surface area contributed by atoms with Crippen molar-refractivity contribution in [2.75, 3.05) is 0 Å². The molecule has 0 spiro atoms. The Kier molecular flexibility index (Phi) is 3.76. The predicted molar refractivity (Wildman–Crippen MR) is 65.3 cm³/mol. The first-order valence-corrected chi connectivity index (χ1v) is 6.87. The second-order valence-electron chi connectivity index (χ2n) is 4.53. The number of thiazole rings is 1. The van der Waals surface area contributed by atoms with Gasteiger partial charge in [-0.15, -0.1) is 11.3 Å². The van der Waals surface area contributed by atoms with Gasteiger partial charge < -0.3 is 5.73 Å². The Morgan fingerprint density at radius 3 is 2.93 bits per heavy atom. The van der Waals surface area contributed by atoms with Crippen molar-refractivity contribution in [2.45, 2.75) is 57.4 Å². The van der Waals surface area contributed by atoms with Crippen molar-refractivity contribution < 1.29 is 0 Å². The fraction of sp³-hybridized carbons (Fsp3) is 0.750. The third-order valence-corrected chi connectivity index (χ3v) is 4.33. The van der Waals surface area contributed by atoms with Crippen LogP contribution in [0, 0.1) is 0 Å². The van der Waals surface area contributed by atoms with E-state index in [-0.39, 0.29) is 6.04 Å². The highest BCUT2D eigenvalue weighted by atomic mass is 32.1.